The second-order valence-electron chi connectivity index (χ2n) is 9.27. The lowest BCUT2D eigenvalue weighted by molar-refractivity contribution is -0.120. The molecule has 4 aliphatic rings. The van der Waals surface area contributed by atoms with E-state index < -0.39 is 0 Å². The SMILES string of the molecule is COC1=CC=C(C2CC2COc2nc(C)ncc2C2CCCC(=O)C2)C2C(C)C12. The lowest BCUT2D eigenvalue weighted by Crippen LogP contribution is -2.16. The number of ketones is 1. The number of carbonyl (C=O) groups is 1. The van der Waals surface area contributed by atoms with E-state index >= 15 is 0 Å². The fraction of sp³-hybridized carbons (Fsp3) is 0.625. The van der Waals surface area contributed by atoms with E-state index in [1.165, 1.54) is 6.42 Å². The highest BCUT2D eigenvalue weighted by Gasteiger charge is 2.57. The van der Waals surface area contributed by atoms with Crippen LogP contribution in [0.3, 0.4) is 0 Å². The van der Waals surface area contributed by atoms with Crippen molar-refractivity contribution in [3.05, 3.63) is 41.1 Å². The summed E-state index contributed by atoms with van der Waals surface area (Å²) in [6.45, 7) is 4.92. The molecule has 5 nitrogen and oxygen atoms in total. The standard InChI is InChI=1S/C24H30N2O3/c1-13-22-18(7-8-21(28-3)23(13)22)19-10-16(19)12-29-24-20(11-25-14(2)26-24)15-5-4-6-17(27)9-15/h7-8,11,13,15-16,19,22-23H,4-6,9-10,12H2,1-3H3. The highest BCUT2D eigenvalue weighted by molar-refractivity contribution is 5.80. The van der Waals surface area contributed by atoms with Gasteiger partial charge in [0, 0.05) is 36.4 Å². The van der Waals surface area contributed by atoms with Gasteiger partial charge in [-0.25, -0.2) is 4.98 Å². The van der Waals surface area contributed by atoms with Gasteiger partial charge in [0.05, 0.1) is 19.5 Å². The van der Waals surface area contributed by atoms with Gasteiger partial charge in [-0.05, 0) is 55.9 Å². The van der Waals surface area contributed by atoms with Crippen molar-refractivity contribution < 1.29 is 14.3 Å². The summed E-state index contributed by atoms with van der Waals surface area (Å²) in [7, 11) is 1.78. The van der Waals surface area contributed by atoms with E-state index in [1.54, 1.807) is 12.7 Å². The second-order valence-corrected chi connectivity index (χ2v) is 9.27. The molecule has 29 heavy (non-hydrogen) atoms. The van der Waals surface area contributed by atoms with Crippen molar-refractivity contribution in [1.82, 2.24) is 9.97 Å². The molecule has 3 saturated carbocycles. The zero-order valence-electron chi connectivity index (χ0n) is 17.6. The smallest absolute Gasteiger partial charge is 0.220 e. The number of rotatable bonds is 6. The lowest BCUT2D eigenvalue weighted by Gasteiger charge is -2.22. The van der Waals surface area contributed by atoms with Crippen molar-refractivity contribution >= 4 is 5.78 Å². The number of fused-ring (bicyclic) bond motifs is 1. The molecule has 0 bridgehead atoms. The number of hydrogen-bond donors (Lipinski definition) is 0. The maximum atomic E-state index is 11.9. The molecule has 154 valence electrons. The Morgan fingerprint density at radius 1 is 1.24 bits per heavy atom. The Balaban J connectivity index is 1.25. The van der Waals surface area contributed by atoms with E-state index in [2.05, 4.69) is 29.0 Å². The molecule has 0 amide bonds. The predicted molar refractivity (Wildman–Crippen MR) is 109 cm³/mol. The van der Waals surface area contributed by atoms with Crippen molar-refractivity contribution in [1.29, 1.82) is 0 Å². The highest BCUT2D eigenvalue weighted by Crippen LogP contribution is 2.62. The average molecular weight is 395 g/mol. The van der Waals surface area contributed by atoms with Crippen LogP contribution in [0.4, 0.5) is 0 Å². The Morgan fingerprint density at radius 2 is 2.10 bits per heavy atom. The monoisotopic (exact) mass is 394 g/mol. The van der Waals surface area contributed by atoms with Crippen LogP contribution in [0.15, 0.2) is 29.7 Å². The summed E-state index contributed by atoms with van der Waals surface area (Å²) in [6.07, 6.45) is 10.8. The summed E-state index contributed by atoms with van der Waals surface area (Å²) in [5.74, 6) is 6.23. The van der Waals surface area contributed by atoms with Gasteiger partial charge in [0.2, 0.25) is 5.88 Å². The Hall–Kier alpha value is -2.17. The fourth-order valence-corrected chi connectivity index (χ4v) is 5.56. The molecule has 4 aliphatic carbocycles. The third-order valence-electron chi connectivity index (χ3n) is 7.38. The molecule has 0 saturated heterocycles. The first-order valence-corrected chi connectivity index (χ1v) is 11.0. The maximum Gasteiger partial charge on any atom is 0.220 e. The van der Waals surface area contributed by atoms with Crippen molar-refractivity contribution in [2.24, 2.45) is 29.6 Å². The number of Topliss-reactive ketones (excluding diaryl/α,β-unsaturated/α-hetero) is 1. The minimum Gasteiger partial charge on any atom is -0.501 e. The summed E-state index contributed by atoms with van der Waals surface area (Å²) in [6, 6.07) is 0. The van der Waals surface area contributed by atoms with Crippen LogP contribution in [0.25, 0.3) is 0 Å². The van der Waals surface area contributed by atoms with Crippen LogP contribution in [-0.2, 0) is 9.53 Å². The summed E-state index contributed by atoms with van der Waals surface area (Å²) >= 11 is 0. The quantitative estimate of drug-likeness (QED) is 0.717. The molecule has 0 spiro atoms. The number of ether oxygens (including phenoxy) is 2. The van der Waals surface area contributed by atoms with E-state index in [0.717, 1.165) is 30.0 Å². The molecule has 0 aromatic carbocycles. The summed E-state index contributed by atoms with van der Waals surface area (Å²) < 4.78 is 11.8. The lowest BCUT2D eigenvalue weighted by atomic mass is 9.84. The van der Waals surface area contributed by atoms with Gasteiger partial charge in [0.25, 0.3) is 0 Å². The first-order valence-electron chi connectivity index (χ1n) is 11.0. The molecule has 1 heterocycles. The fourth-order valence-electron chi connectivity index (χ4n) is 5.56. The molecule has 6 unspecified atom stereocenters. The Bertz CT molecular complexity index is 890. The molecule has 1 aromatic rings. The summed E-state index contributed by atoms with van der Waals surface area (Å²) in [4.78, 5) is 20.9. The number of hydrogen-bond acceptors (Lipinski definition) is 5. The number of aromatic nitrogens is 2. The van der Waals surface area contributed by atoms with Gasteiger partial charge in [-0.1, -0.05) is 18.6 Å². The van der Waals surface area contributed by atoms with E-state index in [-0.39, 0.29) is 5.92 Å². The van der Waals surface area contributed by atoms with Crippen LogP contribution in [0.2, 0.25) is 0 Å². The first-order chi connectivity index (χ1) is 14.1. The van der Waals surface area contributed by atoms with Crippen LogP contribution >= 0.6 is 0 Å². The molecule has 5 rings (SSSR count). The van der Waals surface area contributed by atoms with Crippen molar-refractivity contribution in [3.8, 4) is 5.88 Å². The van der Waals surface area contributed by atoms with Gasteiger partial charge < -0.3 is 9.47 Å². The van der Waals surface area contributed by atoms with Gasteiger partial charge in [-0.15, -0.1) is 0 Å². The Morgan fingerprint density at radius 3 is 2.90 bits per heavy atom. The third-order valence-corrected chi connectivity index (χ3v) is 7.38. The molecule has 6 atom stereocenters. The van der Waals surface area contributed by atoms with Crippen molar-refractivity contribution in [2.75, 3.05) is 13.7 Å². The minimum absolute atomic E-state index is 0.202. The van der Waals surface area contributed by atoms with Gasteiger partial charge in [-0.2, -0.15) is 4.98 Å². The molecule has 0 aliphatic heterocycles. The molecule has 1 aromatic heterocycles. The van der Waals surface area contributed by atoms with Crippen LogP contribution in [0.5, 0.6) is 5.88 Å². The Kier molecular flexibility index (Phi) is 4.72. The normalized spacial score (nSPS) is 35.3. The maximum absolute atomic E-state index is 11.9. The highest BCUT2D eigenvalue weighted by atomic mass is 16.5. The molecular weight excluding hydrogens is 364 g/mol. The largest absolute Gasteiger partial charge is 0.501 e. The number of allylic oxidation sites excluding steroid dienone is 4. The zero-order valence-corrected chi connectivity index (χ0v) is 17.6. The predicted octanol–water partition coefficient (Wildman–Crippen LogP) is 4.38. The molecule has 0 N–H and O–H groups in total. The zero-order chi connectivity index (χ0) is 20.1. The molecule has 0 radical (unpaired) electrons. The minimum atomic E-state index is 0.202. The van der Waals surface area contributed by atoms with Gasteiger partial charge in [0.15, 0.2) is 0 Å². The topological polar surface area (TPSA) is 61.3 Å². The summed E-state index contributed by atoms with van der Waals surface area (Å²) in [5, 5.41) is 0. The third kappa shape index (κ3) is 3.49. The van der Waals surface area contributed by atoms with Gasteiger partial charge in [0.1, 0.15) is 11.6 Å². The van der Waals surface area contributed by atoms with Crippen molar-refractivity contribution in [3.63, 3.8) is 0 Å². The molecule has 5 heteroatoms. The van der Waals surface area contributed by atoms with E-state index in [1.807, 2.05) is 13.1 Å². The number of carbonyl (C=O) groups excluding carboxylic acids is 1. The average Bonchev–Trinajstić information content (AvgIpc) is 3.63. The van der Waals surface area contributed by atoms with E-state index in [4.69, 9.17) is 9.47 Å². The second kappa shape index (κ2) is 7.26. The van der Waals surface area contributed by atoms with Gasteiger partial charge in [-0.3, -0.25) is 4.79 Å². The van der Waals surface area contributed by atoms with Crippen LogP contribution in [-0.4, -0.2) is 29.5 Å². The van der Waals surface area contributed by atoms with Crippen molar-refractivity contribution in [2.45, 2.75) is 51.9 Å². The van der Waals surface area contributed by atoms with E-state index in [9.17, 15) is 4.79 Å². The number of aryl methyl sites for hydroxylation is 1. The molecular formula is C24H30N2O3. The summed E-state index contributed by atoms with van der Waals surface area (Å²) in [5.41, 5.74) is 2.61. The number of nitrogens with zero attached hydrogens (tertiary/aromatic N) is 2. The Labute approximate surface area is 172 Å². The van der Waals surface area contributed by atoms with E-state index in [0.29, 0.717) is 60.7 Å². The first kappa shape index (κ1) is 18.8. The van der Waals surface area contributed by atoms with Crippen LogP contribution in [0.1, 0.15) is 56.3 Å². The van der Waals surface area contributed by atoms with Crippen LogP contribution < -0.4 is 4.74 Å². The number of methoxy groups -OCH3 is 1. The van der Waals surface area contributed by atoms with Gasteiger partial charge >= 0.3 is 0 Å². The van der Waals surface area contributed by atoms with Crippen LogP contribution in [0, 0.1) is 36.5 Å². The molecule has 3 fully saturated rings.